The average molecular weight is 208 g/mol. The molecule has 0 aliphatic heterocycles. The van der Waals surface area contributed by atoms with E-state index in [2.05, 4.69) is 0 Å². The molecule has 1 unspecified atom stereocenters. The lowest BCUT2D eigenvalue weighted by molar-refractivity contribution is -0.691. The Hall–Kier alpha value is -1.13. The molecule has 3 nitrogen and oxygen atoms in total. The fraction of sp³-hybridized carbons (Fsp3) is 0.300. The van der Waals surface area contributed by atoms with E-state index >= 15 is 0 Å². The highest BCUT2D eigenvalue weighted by atomic mass is 32.1. The summed E-state index contributed by atoms with van der Waals surface area (Å²) in [5, 5.41) is 14.0. The van der Waals surface area contributed by atoms with Crippen molar-refractivity contribution in [1.82, 2.24) is 4.57 Å². The van der Waals surface area contributed by atoms with Gasteiger partial charge in [0.1, 0.15) is 12.4 Å². The van der Waals surface area contributed by atoms with Crippen molar-refractivity contribution in [3.63, 3.8) is 0 Å². The van der Waals surface area contributed by atoms with E-state index < -0.39 is 6.10 Å². The highest BCUT2D eigenvalue weighted by molar-refractivity contribution is 7.10. The number of imidazole rings is 1. The Morgan fingerprint density at radius 2 is 2.36 bits per heavy atom. The fourth-order valence-electron chi connectivity index (χ4n) is 1.54. The van der Waals surface area contributed by atoms with Crippen LogP contribution >= 0.6 is 11.3 Å². The standard InChI is InChI=1S/C10H12N2OS/c1-11-5-6-12(2)10(11)9(13)8-4-3-7-14-8/h3-7,9H,1-2H3. The monoisotopic (exact) mass is 208 g/mol. The van der Waals surface area contributed by atoms with E-state index in [9.17, 15) is 5.11 Å². The van der Waals surface area contributed by atoms with Crippen molar-refractivity contribution in [2.24, 2.45) is 14.1 Å². The topological polar surface area (TPSA) is 31.9 Å². The van der Waals surface area contributed by atoms with Crippen LogP contribution in [-0.2, 0) is 14.1 Å². The summed E-state index contributed by atoms with van der Waals surface area (Å²) in [7, 11) is 3.79. The lowest BCUT2D eigenvalue weighted by Crippen LogP contribution is -2.37. The smallest absolute Gasteiger partial charge is 0.247 e. The molecule has 2 aromatic rings. The minimum absolute atomic E-state index is 0.778. The van der Waals surface area contributed by atoms with Gasteiger partial charge < -0.3 is 5.11 Å². The Morgan fingerprint density at radius 1 is 1.57 bits per heavy atom. The van der Waals surface area contributed by atoms with Crippen molar-refractivity contribution in [1.29, 1.82) is 0 Å². The molecule has 0 fully saturated rings. The Bertz CT molecular complexity index is 400. The summed E-state index contributed by atoms with van der Waals surface area (Å²) in [6.07, 6.45) is 3.02. The van der Waals surface area contributed by atoms with Crippen LogP contribution in [0.4, 0.5) is 0 Å². The molecule has 0 spiro atoms. The molecule has 0 saturated carbocycles. The summed E-state index contributed by atoms with van der Waals surface area (Å²) in [5.74, 6) is 0.785. The number of aromatic nitrogens is 2. The maximum atomic E-state index is 12.1. The van der Waals surface area contributed by atoms with E-state index in [0.29, 0.717) is 0 Å². The highest BCUT2D eigenvalue weighted by Gasteiger charge is 2.16. The van der Waals surface area contributed by atoms with Crippen molar-refractivity contribution in [2.75, 3.05) is 0 Å². The van der Waals surface area contributed by atoms with Gasteiger partial charge in [-0.3, -0.25) is 0 Å². The first-order valence-electron chi connectivity index (χ1n) is 4.40. The third-order valence-electron chi connectivity index (χ3n) is 2.27. The van der Waals surface area contributed by atoms with Crippen LogP contribution in [0, 0.1) is 0 Å². The van der Waals surface area contributed by atoms with Crippen LogP contribution in [0.1, 0.15) is 16.8 Å². The molecule has 0 radical (unpaired) electrons. The van der Waals surface area contributed by atoms with E-state index in [1.807, 2.05) is 53.1 Å². The van der Waals surface area contributed by atoms with E-state index in [4.69, 9.17) is 0 Å². The second-order valence-electron chi connectivity index (χ2n) is 3.27. The van der Waals surface area contributed by atoms with Gasteiger partial charge in [-0.2, -0.15) is 0 Å². The molecule has 4 heteroatoms. The van der Waals surface area contributed by atoms with Crippen LogP contribution in [0.2, 0.25) is 0 Å². The largest absolute Gasteiger partial charge is 0.839 e. The number of hydrogen-bond donors (Lipinski definition) is 0. The van der Waals surface area contributed by atoms with Crippen LogP contribution in [0.3, 0.4) is 0 Å². The SMILES string of the molecule is Cn1cc[n+](C)c1C([O-])c1cccs1. The third-order valence-corrected chi connectivity index (χ3v) is 3.19. The Balaban J connectivity index is 2.41. The predicted octanol–water partition coefficient (Wildman–Crippen LogP) is 0.361. The number of hydrogen-bond acceptors (Lipinski definition) is 2. The van der Waals surface area contributed by atoms with E-state index in [-0.39, 0.29) is 0 Å². The average Bonchev–Trinajstić information content (AvgIpc) is 2.75. The zero-order chi connectivity index (χ0) is 10.1. The van der Waals surface area contributed by atoms with Crippen molar-refractivity contribution in [2.45, 2.75) is 6.10 Å². The summed E-state index contributed by atoms with van der Waals surface area (Å²) < 4.78 is 3.74. The molecular weight excluding hydrogens is 196 g/mol. The van der Waals surface area contributed by atoms with Gasteiger partial charge in [-0.15, -0.1) is 11.3 Å². The summed E-state index contributed by atoms with van der Waals surface area (Å²) in [6, 6.07) is 3.79. The van der Waals surface area contributed by atoms with Gasteiger partial charge in [0, 0.05) is 11.0 Å². The second kappa shape index (κ2) is 3.55. The van der Waals surface area contributed by atoms with Crippen molar-refractivity contribution >= 4 is 11.3 Å². The zero-order valence-corrected chi connectivity index (χ0v) is 8.99. The molecular formula is C10H12N2OS. The normalized spacial score (nSPS) is 13.1. The second-order valence-corrected chi connectivity index (χ2v) is 4.25. The molecule has 0 aromatic carbocycles. The quantitative estimate of drug-likeness (QED) is 0.656. The van der Waals surface area contributed by atoms with Crippen LogP contribution in [-0.4, -0.2) is 4.57 Å². The Morgan fingerprint density at radius 3 is 2.86 bits per heavy atom. The predicted molar refractivity (Wildman–Crippen MR) is 52.8 cm³/mol. The molecule has 0 bridgehead atoms. The summed E-state index contributed by atoms with van der Waals surface area (Å²) >= 11 is 1.51. The van der Waals surface area contributed by atoms with Crippen LogP contribution in [0.5, 0.6) is 0 Å². The lowest BCUT2D eigenvalue weighted by Gasteiger charge is -2.16. The van der Waals surface area contributed by atoms with Gasteiger partial charge in [-0.1, -0.05) is 6.07 Å². The molecule has 74 valence electrons. The molecule has 0 aliphatic rings. The van der Waals surface area contributed by atoms with E-state index in [0.717, 1.165) is 10.7 Å². The molecule has 0 aliphatic carbocycles. The minimum Gasteiger partial charge on any atom is -0.839 e. The van der Waals surface area contributed by atoms with Crippen molar-refractivity contribution in [3.8, 4) is 0 Å². The zero-order valence-electron chi connectivity index (χ0n) is 8.18. The first kappa shape index (κ1) is 9.43. The summed E-state index contributed by atoms with van der Waals surface area (Å²) in [5.41, 5.74) is 0. The number of rotatable bonds is 2. The lowest BCUT2D eigenvalue weighted by atomic mass is 10.3. The summed E-state index contributed by atoms with van der Waals surface area (Å²) in [4.78, 5) is 0.863. The molecule has 2 rings (SSSR count). The van der Waals surface area contributed by atoms with Crippen molar-refractivity contribution < 1.29 is 9.67 Å². The van der Waals surface area contributed by atoms with Gasteiger partial charge in [0.2, 0.25) is 5.82 Å². The number of aryl methyl sites for hydroxylation is 2. The first-order valence-corrected chi connectivity index (χ1v) is 5.28. The molecule has 1 atom stereocenters. The number of nitrogens with zero attached hydrogens (tertiary/aromatic N) is 2. The van der Waals surface area contributed by atoms with Crippen LogP contribution in [0.25, 0.3) is 0 Å². The Kier molecular flexibility index (Phi) is 2.39. The van der Waals surface area contributed by atoms with Gasteiger partial charge in [-0.05, 0) is 11.4 Å². The van der Waals surface area contributed by atoms with Crippen LogP contribution in [0.15, 0.2) is 29.9 Å². The molecule has 0 N–H and O–H groups in total. The van der Waals surface area contributed by atoms with Gasteiger partial charge in [0.25, 0.3) is 0 Å². The summed E-state index contributed by atoms with van der Waals surface area (Å²) in [6.45, 7) is 0. The van der Waals surface area contributed by atoms with Crippen molar-refractivity contribution in [3.05, 3.63) is 40.6 Å². The van der Waals surface area contributed by atoms with Gasteiger partial charge in [0.15, 0.2) is 0 Å². The maximum absolute atomic E-state index is 12.1. The third kappa shape index (κ3) is 1.47. The fourth-order valence-corrected chi connectivity index (χ4v) is 2.24. The van der Waals surface area contributed by atoms with Crippen LogP contribution < -0.4 is 9.67 Å². The maximum Gasteiger partial charge on any atom is 0.247 e. The van der Waals surface area contributed by atoms with E-state index in [1.165, 1.54) is 11.3 Å². The molecule has 2 heterocycles. The molecule has 2 aromatic heterocycles. The minimum atomic E-state index is -0.778. The van der Waals surface area contributed by atoms with Gasteiger partial charge >= 0.3 is 0 Å². The molecule has 14 heavy (non-hydrogen) atoms. The Labute approximate surface area is 86.9 Å². The first-order chi connectivity index (χ1) is 6.70. The molecule has 0 amide bonds. The van der Waals surface area contributed by atoms with Gasteiger partial charge in [-0.25, -0.2) is 9.13 Å². The molecule has 0 saturated heterocycles. The highest BCUT2D eigenvalue weighted by Crippen LogP contribution is 2.20. The van der Waals surface area contributed by atoms with E-state index in [1.54, 1.807) is 0 Å². The number of thiophene rings is 1. The van der Waals surface area contributed by atoms with Gasteiger partial charge in [0.05, 0.1) is 14.1 Å².